The van der Waals surface area contributed by atoms with Gasteiger partial charge in [0.1, 0.15) is 11.4 Å². The van der Waals surface area contributed by atoms with E-state index in [-0.39, 0.29) is 12.9 Å². The lowest BCUT2D eigenvalue weighted by Gasteiger charge is -2.36. The van der Waals surface area contributed by atoms with E-state index < -0.39 is 5.60 Å². The largest absolute Gasteiger partial charge is 0.466 e. The molecule has 4 aromatic rings. The van der Waals surface area contributed by atoms with Gasteiger partial charge in [0.15, 0.2) is 12.6 Å². The minimum Gasteiger partial charge on any atom is -0.466 e. The summed E-state index contributed by atoms with van der Waals surface area (Å²) in [4.78, 5) is 26.0. The number of carbonyl (C=O) groups is 1. The molecule has 0 N–H and O–H groups in total. The van der Waals surface area contributed by atoms with Gasteiger partial charge >= 0.3 is 6.09 Å². The minimum atomic E-state index is -0.496. The van der Waals surface area contributed by atoms with Crippen LogP contribution in [0, 0.1) is 6.92 Å². The molecule has 2 aromatic heterocycles. The number of hydrogen-bond acceptors (Lipinski definition) is 8. The van der Waals surface area contributed by atoms with Gasteiger partial charge in [-0.25, -0.2) is 14.8 Å². The van der Waals surface area contributed by atoms with Crippen molar-refractivity contribution in [2.45, 2.75) is 33.3 Å². The van der Waals surface area contributed by atoms with Crippen molar-refractivity contribution in [3.63, 3.8) is 0 Å². The maximum Gasteiger partial charge on any atom is 0.410 e. The zero-order chi connectivity index (χ0) is 27.0. The molecule has 10 nitrogen and oxygen atoms in total. The quantitative estimate of drug-likeness (QED) is 0.356. The van der Waals surface area contributed by atoms with Crippen LogP contribution in [0.1, 0.15) is 26.3 Å². The molecule has 0 radical (unpaired) electrons. The zero-order valence-electron chi connectivity index (χ0n) is 22.8. The molecule has 1 aliphatic heterocycles. The highest BCUT2D eigenvalue weighted by atomic mass is 16.7. The molecule has 5 rings (SSSR count). The minimum absolute atomic E-state index is 0.115. The molecule has 0 atom stereocenters. The van der Waals surface area contributed by atoms with Crippen molar-refractivity contribution < 1.29 is 19.0 Å². The highest BCUT2D eigenvalue weighted by Crippen LogP contribution is 2.37. The number of piperazine rings is 1. The number of benzene rings is 2. The van der Waals surface area contributed by atoms with E-state index >= 15 is 0 Å². The van der Waals surface area contributed by atoms with Crippen LogP contribution in [0.25, 0.3) is 33.2 Å². The summed E-state index contributed by atoms with van der Waals surface area (Å²) in [5.74, 6) is 1.24. The van der Waals surface area contributed by atoms with E-state index in [9.17, 15) is 4.79 Å². The molecule has 10 heteroatoms. The molecule has 0 bridgehead atoms. The Morgan fingerprint density at radius 1 is 1.08 bits per heavy atom. The molecule has 1 saturated heterocycles. The molecule has 1 fully saturated rings. The molecule has 1 amide bonds. The molecule has 0 saturated carbocycles. The summed E-state index contributed by atoms with van der Waals surface area (Å²) >= 11 is 0. The van der Waals surface area contributed by atoms with Crippen LogP contribution in [0.5, 0.6) is 5.75 Å². The number of carbonyl (C=O) groups excluding carboxylic acids is 1. The first-order chi connectivity index (χ1) is 18.1. The third-order valence-corrected chi connectivity index (χ3v) is 6.52. The number of rotatable bonds is 5. The highest BCUT2D eigenvalue weighted by molar-refractivity contribution is 5.91. The average molecular weight is 519 g/mol. The van der Waals surface area contributed by atoms with Crippen molar-refractivity contribution in [3.8, 4) is 17.1 Å². The Kier molecular flexibility index (Phi) is 6.83. The number of hydrogen-bond donors (Lipinski definition) is 0. The number of ether oxygens (including phenoxy) is 3. The van der Waals surface area contributed by atoms with Crippen LogP contribution < -0.4 is 9.64 Å². The zero-order valence-corrected chi connectivity index (χ0v) is 22.8. The Morgan fingerprint density at radius 3 is 2.55 bits per heavy atom. The van der Waals surface area contributed by atoms with Gasteiger partial charge < -0.3 is 24.0 Å². The van der Waals surface area contributed by atoms with Gasteiger partial charge in [0.2, 0.25) is 0 Å². The lowest BCUT2D eigenvalue weighted by molar-refractivity contribution is 0.0240. The van der Waals surface area contributed by atoms with Crippen molar-refractivity contribution in [1.29, 1.82) is 0 Å². The maximum atomic E-state index is 12.4. The van der Waals surface area contributed by atoms with Crippen LogP contribution in [0.4, 0.5) is 10.5 Å². The van der Waals surface area contributed by atoms with E-state index in [1.807, 2.05) is 59.3 Å². The number of anilines is 1. The first-order valence-corrected chi connectivity index (χ1v) is 12.7. The molecule has 200 valence electrons. The summed E-state index contributed by atoms with van der Waals surface area (Å²) in [7, 11) is 3.49. The first kappa shape index (κ1) is 25.7. The SMILES string of the molecule is COCOc1c(-c2ncc3cc(N4CCN(C(=O)OC(C)(C)C)CC4)ccc3n2)cc2cn(C)nc2c1C. The van der Waals surface area contributed by atoms with Gasteiger partial charge in [0, 0.05) is 74.8 Å². The highest BCUT2D eigenvalue weighted by Gasteiger charge is 2.26. The first-order valence-electron chi connectivity index (χ1n) is 12.7. The fourth-order valence-electron chi connectivity index (χ4n) is 4.73. The smallest absolute Gasteiger partial charge is 0.410 e. The molecule has 0 spiro atoms. The van der Waals surface area contributed by atoms with E-state index in [2.05, 4.69) is 22.1 Å². The molecule has 38 heavy (non-hydrogen) atoms. The maximum absolute atomic E-state index is 12.4. The van der Waals surface area contributed by atoms with E-state index in [4.69, 9.17) is 24.2 Å². The predicted molar refractivity (Wildman–Crippen MR) is 147 cm³/mol. The Hall–Kier alpha value is -3.92. The molecule has 1 aliphatic rings. The van der Waals surface area contributed by atoms with E-state index in [1.165, 1.54) is 0 Å². The molecule has 0 unspecified atom stereocenters. The van der Waals surface area contributed by atoms with Gasteiger partial charge in [-0.15, -0.1) is 0 Å². The molecule has 3 heterocycles. The van der Waals surface area contributed by atoms with Crippen LogP contribution >= 0.6 is 0 Å². The number of aromatic nitrogens is 4. The van der Waals surface area contributed by atoms with Crippen LogP contribution in [-0.2, 0) is 16.5 Å². The molecule has 2 aromatic carbocycles. The van der Waals surface area contributed by atoms with Crippen molar-refractivity contribution in [1.82, 2.24) is 24.6 Å². The van der Waals surface area contributed by atoms with Crippen LogP contribution in [0.15, 0.2) is 36.7 Å². The van der Waals surface area contributed by atoms with Crippen LogP contribution in [0.3, 0.4) is 0 Å². The van der Waals surface area contributed by atoms with Crippen molar-refractivity contribution in [2.75, 3.05) is 45.0 Å². The Morgan fingerprint density at radius 2 is 1.84 bits per heavy atom. The fourth-order valence-corrected chi connectivity index (χ4v) is 4.73. The Balaban J connectivity index is 1.39. The number of fused-ring (bicyclic) bond motifs is 2. The molecular formula is C28H34N6O4. The molecular weight excluding hydrogens is 484 g/mol. The fraction of sp³-hybridized carbons (Fsp3) is 0.429. The number of aryl methyl sites for hydroxylation is 2. The second-order valence-electron chi connectivity index (χ2n) is 10.6. The van der Waals surface area contributed by atoms with Crippen molar-refractivity contribution >= 4 is 33.6 Å². The summed E-state index contributed by atoms with van der Waals surface area (Å²) in [6.45, 7) is 10.4. The summed E-state index contributed by atoms with van der Waals surface area (Å²) in [6, 6.07) is 8.20. The predicted octanol–water partition coefficient (Wildman–Crippen LogP) is 4.53. The third kappa shape index (κ3) is 5.22. The number of nitrogens with zero attached hydrogens (tertiary/aromatic N) is 6. The second-order valence-corrected chi connectivity index (χ2v) is 10.6. The summed E-state index contributed by atoms with van der Waals surface area (Å²) in [6.07, 6.45) is 3.56. The standard InChI is InChI=1S/C28H34N6O4/c1-18-24-20(16-32(5)31-24)14-22(25(18)37-17-36-6)26-29-15-19-13-21(7-8-23(19)30-26)33-9-11-34(12-10-33)27(35)38-28(2,3)4/h7-8,13-16H,9-12,17H2,1-6H3. The third-order valence-electron chi connectivity index (χ3n) is 6.52. The Bertz CT molecular complexity index is 1480. The topological polar surface area (TPSA) is 94.8 Å². The van der Waals surface area contributed by atoms with Gasteiger partial charge in [0.25, 0.3) is 0 Å². The van der Waals surface area contributed by atoms with Gasteiger partial charge in [0.05, 0.1) is 16.6 Å². The van der Waals surface area contributed by atoms with E-state index in [0.29, 0.717) is 24.7 Å². The van der Waals surface area contributed by atoms with Crippen LogP contribution in [-0.4, -0.2) is 76.4 Å². The van der Waals surface area contributed by atoms with Gasteiger partial charge in [-0.1, -0.05) is 0 Å². The van der Waals surface area contributed by atoms with Crippen molar-refractivity contribution in [2.24, 2.45) is 7.05 Å². The lowest BCUT2D eigenvalue weighted by Crippen LogP contribution is -2.50. The van der Waals surface area contributed by atoms with Gasteiger partial charge in [-0.05, 0) is 52.0 Å². The second kappa shape index (κ2) is 10.1. The summed E-state index contributed by atoms with van der Waals surface area (Å²) in [5, 5.41) is 6.51. The monoisotopic (exact) mass is 518 g/mol. The Labute approximate surface area is 222 Å². The van der Waals surface area contributed by atoms with Crippen molar-refractivity contribution in [3.05, 3.63) is 42.2 Å². The average Bonchev–Trinajstić information content (AvgIpc) is 3.27. The lowest BCUT2D eigenvalue weighted by atomic mass is 10.0. The van der Waals surface area contributed by atoms with Crippen LogP contribution in [0.2, 0.25) is 0 Å². The number of amides is 1. The van der Waals surface area contributed by atoms with E-state index in [0.717, 1.165) is 51.7 Å². The van der Waals surface area contributed by atoms with Gasteiger partial charge in [-0.3, -0.25) is 4.68 Å². The van der Waals surface area contributed by atoms with E-state index in [1.54, 1.807) is 16.7 Å². The summed E-state index contributed by atoms with van der Waals surface area (Å²) in [5.41, 5.74) is 4.01. The number of methoxy groups -OCH3 is 1. The summed E-state index contributed by atoms with van der Waals surface area (Å²) < 4.78 is 18.4. The molecule has 0 aliphatic carbocycles. The normalized spacial score (nSPS) is 14.4. The van der Waals surface area contributed by atoms with Gasteiger partial charge in [-0.2, -0.15) is 5.10 Å².